The number of benzene rings is 1. The molecule has 0 spiro atoms. The van der Waals surface area contributed by atoms with E-state index in [4.69, 9.17) is 14.8 Å². The summed E-state index contributed by atoms with van der Waals surface area (Å²) in [5, 5.41) is 13.7. The summed E-state index contributed by atoms with van der Waals surface area (Å²) in [5.41, 5.74) is 3.19. The Labute approximate surface area is 198 Å². The molecule has 1 aliphatic rings. The van der Waals surface area contributed by atoms with Crippen LogP contribution in [-0.2, 0) is 21.0 Å². The molecule has 5 N–H and O–H groups in total. The fraction of sp³-hybridized carbons (Fsp3) is 0.350. The van der Waals surface area contributed by atoms with Crippen LogP contribution in [0.25, 0.3) is 0 Å². The lowest BCUT2D eigenvalue weighted by Gasteiger charge is -2.17. The Morgan fingerprint density at radius 2 is 1.94 bits per heavy atom. The average molecular weight is 584 g/mol. The molecule has 0 saturated heterocycles. The second kappa shape index (κ2) is 14.0. The molecule has 0 bridgehead atoms. The molecule has 1 aromatic rings. The lowest BCUT2D eigenvalue weighted by molar-refractivity contribution is -0.121. The fourth-order valence-electron chi connectivity index (χ4n) is 2.52. The Balaban J connectivity index is 2.20. The standard InChI is InChI=1S/C20H24F3IN4O5/c1-25-16(30)3-2-7-32-26-11-12-9-13(20(31)28-33-8-6-29)19(18(23)17(12)22)27-15-4-5-24-10-14(15)21/h4-5,9-10,26-27,29H,2-3,6-8,11H2,1H3,(H,25,30)(H,28,31). The van der Waals surface area contributed by atoms with E-state index in [1.165, 1.54) is 17.1 Å². The van der Waals surface area contributed by atoms with Crippen LogP contribution in [0, 0.1) is 11.6 Å². The number of allylic oxidation sites excluding steroid dienone is 2. The first-order valence-electron chi connectivity index (χ1n) is 9.76. The maximum atomic E-state index is 14.9. The molecule has 0 aromatic heterocycles. The van der Waals surface area contributed by atoms with Gasteiger partial charge in [-0.1, -0.05) is 20.7 Å². The predicted molar refractivity (Wildman–Crippen MR) is 124 cm³/mol. The Morgan fingerprint density at radius 3 is 2.64 bits per heavy atom. The van der Waals surface area contributed by atoms with Gasteiger partial charge in [-0.2, -0.15) is 5.48 Å². The zero-order valence-electron chi connectivity index (χ0n) is 17.6. The summed E-state index contributed by atoms with van der Waals surface area (Å²) in [5.74, 6) is -4.38. The molecular formula is C20H24F3IN4O5. The van der Waals surface area contributed by atoms with Crippen LogP contribution in [0.4, 0.5) is 18.9 Å². The molecule has 0 atom stereocenters. The van der Waals surface area contributed by atoms with E-state index in [0.717, 1.165) is 6.07 Å². The van der Waals surface area contributed by atoms with Gasteiger partial charge in [-0.25, -0.2) is 18.7 Å². The first kappa shape index (κ1) is 26.9. The van der Waals surface area contributed by atoms with Gasteiger partial charge in [0, 0.05) is 29.6 Å². The molecule has 0 radical (unpaired) electrons. The van der Waals surface area contributed by atoms with Crippen molar-refractivity contribution < 1.29 is 37.5 Å². The van der Waals surface area contributed by atoms with Gasteiger partial charge in [0.1, 0.15) is 0 Å². The van der Waals surface area contributed by atoms with Gasteiger partial charge in [0.05, 0.1) is 36.8 Å². The Hall–Kier alpha value is -2.33. The molecule has 2 rings (SSSR count). The number of anilines is 1. The number of hydroxylamine groups is 2. The van der Waals surface area contributed by atoms with Crippen LogP contribution in [-0.4, -0.2) is 47.8 Å². The van der Waals surface area contributed by atoms with E-state index in [9.17, 15) is 22.8 Å². The van der Waals surface area contributed by atoms with Crippen LogP contribution in [0.2, 0.25) is 0 Å². The fourth-order valence-corrected chi connectivity index (χ4v) is 3.95. The van der Waals surface area contributed by atoms with Gasteiger partial charge in [0.2, 0.25) is 5.91 Å². The third-order valence-electron chi connectivity index (χ3n) is 4.16. The van der Waals surface area contributed by atoms with Crippen molar-refractivity contribution in [2.45, 2.75) is 19.4 Å². The largest absolute Gasteiger partial charge is 0.394 e. The molecule has 1 heterocycles. The van der Waals surface area contributed by atoms with Crippen LogP contribution >= 0.6 is 20.7 Å². The molecule has 182 valence electrons. The number of halogens is 4. The molecule has 0 saturated carbocycles. The van der Waals surface area contributed by atoms with E-state index in [2.05, 4.69) is 16.1 Å². The highest BCUT2D eigenvalue weighted by Crippen LogP contribution is 2.29. The number of carbonyl (C=O) groups excluding carboxylic acids is 2. The number of amides is 2. The summed E-state index contributed by atoms with van der Waals surface area (Å²) in [4.78, 5) is 33.6. The van der Waals surface area contributed by atoms with Gasteiger partial charge in [-0.3, -0.25) is 14.4 Å². The third kappa shape index (κ3) is 8.19. The van der Waals surface area contributed by atoms with E-state index < -0.39 is 49.8 Å². The number of hydrogen-bond acceptors (Lipinski definition) is 7. The minimum atomic E-state index is -1.39. The number of rotatable bonds is 13. The minimum Gasteiger partial charge on any atom is -0.394 e. The zero-order valence-corrected chi connectivity index (χ0v) is 19.8. The van der Waals surface area contributed by atoms with Crippen LogP contribution in [0.1, 0.15) is 28.8 Å². The summed E-state index contributed by atoms with van der Waals surface area (Å²) in [6.45, 7) is -0.761. The van der Waals surface area contributed by atoms with E-state index in [1.807, 2.05) is 5.48 Å². The van der Waals surface area contributed by atoms with Crippen molar-refractivity contribution in [1.82, 2.24) is 16.3 Å². The minimum absolute atomic E-state index is 0.116. The van der Waals surface area contributed by atoms with Crippen molar-refractivity contribution in [3.8, 4) is 0 Å². The number of aliphatic hydroxyl groups is 1. The van der Waals surface area contributed by atoms with Gasteiger partial charge < -0.3 is 20.6 Å². The summed E-state index contributed by atoms with van der Waals surface area (Å²) >= 11 is -0.610. The SMILES string of the molecule is CNC(=O)CCCONCc1cc(C(=O)NOCCO)c(NC2=C(F)C=IC=C2)c(F)c1F. The molecule has 9 nitrogen and oxygen atoms in total. The van der Waals surface area contributed by atoms with Crippen molar-refractivity contribution in [3.05, 3.63) is 50.5 Å². The van der Waals surface area contributed by atoms with Crippen LogP contribution in [0.15, 0.2) is 27.7 Å². The number of nitrogens with one attached hydrogen (secondary N) is 4. The molecule has 13 heteroatoms. The second-order valence-electron chi connectivity index (χ2n) is 6.45. The molecule has 1 aliphatic heterocycles. The molecular weight excluding hydrogens is 560 g/mol. The number of carbonyl (C=O) groups is 2. The summed E-state index contributed by atoms with van der Waals surface area (Å²) in [6, 6.07) is 1.07. The van der Waals surface area contributed by atoms with Crippen molar-refractivity contribution in [2.75, 3.05) is 32.2 Å². The third-order valence-corrected chi connectivity index (χ3v) is 5.84. The number of hydrogen-bond donors (Lipinski definition) is 5. The van der Waals surface area contributed by atoms with E-state index >= 15 is 0 Å². The Bertz CT molecular complexity index is 956. The molecule has 0 unspecified atom stereocenters. The Kier molecular flexibility index (Phi) is 11.5. The molecule has 1 aromatic carbocycles. The highest BCUT2D eigenvalue weighted by Gasteiger charge is 2.24. The maximum Gasteiger partial charge on any atom is 0.277 e. The Morgan fingerprint density at radius 1 is 1.15 bits per heavy atom. The summed E-state index contributed by atoms with van der Waals surface area (Å²) < 4.78 is 46.8. The van der Waals surface area contributed by atoms with Gasteiger partial charge in [0.25, 0.3) is 5.91 Å². The van der Waals surface area contributed by atoms with Crippen LogP contribution in [0.3, 0.4) is 0 Å². The van der Waals surface area contributed by atoms with Crippen molar-refractivity contribution in [1.29, 1.82) is 0 Å². The molecule has 0 fully saturated rings. The van der Waals surface area contributed by atoms with Gasteiger partial charge >= 0.3 is 0 Å². The maximum absolute atomic E-state index is 14.9. The monoisotopic (exact) mass is 584 g/mol. The first-order chi connectivity index (χ1) is 15.9. The van der Waals surface area contributed by atoms with Crippen molar-refractivity contribution in [3.63, 3.8) is 0 Å². The van der Waals surface area contributed by atoms with Gasteiger partial charge in [0.15, 0.2) is 17.5 Å². The predicted octanol–water partition coefficient (Wildman–Crippen LogP) is 2.06. The smallest absolute Gasteiger partial charge is 0.277 e. The van der Waals surface area contributed by atoms with Crippen LogP contribution < -0.4 is 21.6 Å². The normalized spacial score (nSPS) is 13.0. The second-order valence-corrected chi connectivity index (χ2v) is 8.51. The van der Waals surface area contributed by atoms with Crippen molar-refractivity contribution >= 4 is 42.2 Å². The number of aliphatic hydroxyl groups excluding tert-OH is 1. The topological polar surface area (TPSA) is 121 Å². The van der Waals surface area contributed by atoms with E-state index in [0.29, 0.717) is 6.42 Å². The van der Waals surface area contributed by atoms with E-state index in [1.54, 1.807) is 4.08 Å². The molecule has 2 amide bonds. The molecule has 0 aliphatic carbocycles. The quantitative estimate of drug-likeness (QED) is 0.137. The van der Waals surface area contributed by atoms with Crippen LogP contribution in [0.5, 0.6) is 0 Å². The van der Waals surface area contributed by atoms with Crippen molar-refractivity contribution in [2.24, 2.45) is 0 Å². The van der Waals surface area contributed by atoms with Gasteiger partial charge in [-0.05, 0) is 22.6 Å². The van der Waals surface area contributed by atoms with E-state index in [-0.39, 0.29) is 55.5 Å². The molecule has 33 heavy (non-hydrogen) atoms. The average Bonchev–Trinajstić information content (AvgIpc) is 2.81. The highest BCUT2D eigenvalue weighted by molar-refractivity contribution is 14.2. The summed E-state index contributed by atoms with van der Waals surface area (Å²) in [6.07, 6.45) is 2.03. The lowest BCUT2D eigenvalue weighted by atomic mass is 10.1. The highest BCUT2D eigenvalue weighted by atomic mass is 127. The lowest BCUT2D eigenvalue weighted by Crippen LogP contribution is -2.27. The van der Waals surface area contributed by atoms with Gasteiger partial charge in [-0.15, -0.1) is 0 Å². The zero-order chi connectivity index (χ0) is 24.2. The first-order valence-corrected chi connectivity index (χ1v) is 12.3. The summed E-state index contributed by atoms with van der Waals surface area (Å²) in [7, 11) is 1.51.